The van der Waals surface area contributed by atoms with Gasteiger partial charge in [0.2, 0.25) is 0 Å². The largest absolute Gasteiger partial charge is 0.323 e. The van der Waals surface area contributed by atoms with E-state index in [9.17, 15) is 4.79 Å². The molecule has 0 unspecified atom stereocenters. The van der Waals surface area contributed by atoms with Gasteiger partial charge in [-0.3, -0.25) is 4.98 Å². The third-order valence-electron chi connectivity index (χ3n) is 1.90. The zero-order valence-corrected chi connectivity index (χ0v) is 9.48. The number of anilines is 2. The summed E-state index contributed by atoms with van der Waals surface area (Å²) in [6.45, 7) is 0. The molecular formula is C11H9ClN4O. The number of carbonyl (C=O) groups is 1. The number of hydrogen-bond acceptors (Lipinski definition) is 3. The van der Waals surface area contributed by atoms with Gasteiger partial charge in [-0.15, -0.1) is 0 Å². The maximum absolute atomic E-state index is 11.6. The van der Waals surface area contributed by atoms with Crippen molar-refractivity contribution in [3.05, 3.63) is 48.0 Å². The quantitative estimate of drug-likeness (QED) is 0.803. The lowest BCUT2D eigenvalue weighted by Gasteiger charge is -2.06. The van der Waals surface area contributed by atoms with Crippen LogP contribution in [0.15, 0.2) is 42.9 Å². The number of amides is 2. The van der Waals surface area contributed by atoms with Crippen LogP contribution in [0.1, 0.15) is 0 Å². The molecule has 0 aromatic carbocycles. The van der Waals surface area contributed by atoms with Gasteiger partial charge in [-0.25, -0.2) is 9.78 Å². The molecule has 0 spiro atoms. The minimum absolute atomic E-state index is 0.323. The number of nitrogens with one attached hydrogen (secondary N) is 2. The van der Waals surface area contributed by atoms with E-state index in [-0.39, 0.29) is 6.03 Å². The van der Waals surface area contributed by atoms with Crippen molar-refractivity contribution in [1.29, 1.82) is 0 Å². The molecule has 2 N–H and O–H groups in total. The van der Waals surface area contributed by atoms with Gasteiger partial charge >= 0.3 is 6.03 Å². The smallest absolute Gasteiger partial charge is 0.308 e. The maximum atomic E-state index is 11.6. The highest BCUT2D eigenvalue weighted by Gasteiger charge is 2.02. The number of carbonyl (C=O) groups excluding carboxylic acids is 1. The van der Waals surface area contributed by atoms with Crippen molar-refractivity contribution in [2.75, 3.05) is 10.6 Å². The first-order valence-corrected chi connectivity index (χ1v) is 5.21. The number of hydrogen-bond donors (Lipinski definition) is 2. The average Bonchev–Trinajstić information content (AvgIpc) is 2.30. The van der Waals surface area contributed by atoms with Crippen LogP contribution in [0.5, 0.6) is 0 Å². The van der Waals surface area contributed by atoms with Crippen molar-refractivity contribution in [2.45, 2.75) is 0 Å². The van der Waals surface area contributed by atoms with Crippen molar-refractivity contribution in [1.82, 2.24) is 9.97 Å². The van der Waals surface area contributed by atoms with Crippen molar-refractivity contribution in [2.24, 2.45) is 0 Å². The molecule has 6 heteroatoms. The van der Waals surface area contributed by atoms with E-state index >= 15 is 0 Å². The molecule has 0 aliphatic carbocycles. The monoisotopic (exact) mass is 248 g/mol. The lowest BCUT2D eigenvalue weighted by molar-refractivity contribution is 0.262. The summed E-state index contributed by atoms with van der Waals surface area (Å²) in [5.41, 5.74) is 1.19. The maximum Gasteiger partial charge on any atom is 0.323 e. The molecule has 0 radical (unpaired) electrons. The molecule has 0 aliphatic rings. The summed E-state index contributed by atoms with van der Waals surface area (Å²) in [4.78, 5) is 19.3. The van der Waals surface area contributed by atoms with Crippen molar-refractivity contribution >= 4 is 29.0 Å². The second-order valence-electron chi connectivity index (χ2n) is 3.19. The highest BCUT2D eigenvalue weighted by atomic mass is 35.5. The molecule has 2 heterocycles. The molecule has 2 aromatic heterocycles. The molecular weight excluding hydrogens is 240 g/mol. The Hall–Kier alpha value is -2.14. The van der Waals surface area contributed by atoms with Gasteiger partial charge in [0.1, 0.15) is 5.15 Å². The topological polar surface area (TPSA) is 66.9 Å². The minimum atomic E-state index is -0.361. The van der Waals surface area contributed by atoms with E-state index in [0.29, 0.717) is 16.5 Å². The summed E-state index contributed by atoms with van der Waals surface area (Å²) < 4.78 is 0. The molecule has 0 atom stereocenters. The molecule has 0 bridgehead atoms. The number of nitrogens with zero attached hydrogens (tertiary/aromatic N) is 2. The van der Waals surface area contributed by atoms with Gasteiger partial charge in [0.05, 0.1) is 11.9 Å². The van der Waals surface area contributed by atoms with Gasteiger partial charge in [-0.05, 0) is 24.3 Å². The van der Waals surface area contributed by atoms with E-state index in [2.05, 4.69) is 20.6 Å². The molecule has 2 amide bonds. The predicted molar refractivity (Wildman–Crippen MR) is 66.1 cm³/mol. The zero-order valence-electron chi connectivity index (χ0n) is 8.72. The van der Waals surface area contributed by atoms with Crippen LogP contribution < -0.4 is 10.6 Å². The fourth-order valence-electron chi connectivity index (χ4n) is 1.21. The summed E-state index contributed by atoms with van der Waals surface area (Å²) in [6.07, 6.45) is 4.70. The molecule has 0 aliphatic heterocycles. The van der Waals surface area contributed by atoms with Crippen LogP contribution in [0.4, 0.5) is 16.2 Å². The van der Waals surface area contributed by atoms with Crippen LogP contribution in [-0.4, -0.2) is 16.0 Å². The number of pyridine rings is 2. The number of rotatable bonds is 2. The zero-order chi connectivity index (χ0) is 12.1. The standard InChI is InChI=1S/C11H9ClN4O/c12-10-6-8(3-5-14-10)15-11(17)16-9-2-1-4-13-7-9/h1-7H,(H2,14,15,16,17). The second-order valence-corrected chi connectivity index (χ2v) is 3.58. The SMILES string of the molecule is O=C(Nc1cccnc1)Nc1ccnc(Cl)c1. The number of halogens is 1. The lowest BCUT2D eigenvalue weighted by atomic mass is 10.4. The first-order chi connectivity index (χ1) is 8.24. The summed E-state index contributed by atoms with van der Waals surface area (Å²) in [6, 6.07) is 6.32. The Balaban J connectivity index is 1.98. The third kappa shape index (κ3) is 3.42. The van der Waals surface area contributed by atoms with E-state index < -0.39 is 0 Å². The molecule has 0 fully saturated rings. The van der Waals surface area contributed by atoms with Gasteiger partial charge in [0.25, 0.3) is 0 Å². The average molecular weight is 249 g/mol. The molecule has 2 rings (SSSR count). The highest BCUT2D eigenvalue weighted by molar-refractivity contribution is 6.29. The first-order valence-electron chi connectivity index (χ1n) is 4.83. The highest BCUT2D eigenvalue weighted by Crippen LogP contribution is 2.12. The Morgan fingerprint density at radius 2 is 2.00 bits per heavy atom. The Kier molecular flexibility index (Phi) is 3.52. The van der Waals surface area contributed by atoms with E-state index in [1.165, 1.54) is 6.20 Å². The lowest BCUT2D eigenvalue weighted by Crippen LogP contribution is -2.19. The predicted octanol–water partition coefficient (Wildman–Crippen LogP) is 2.77. The molecule has 0 saturated carbocycles. The van der Waals surface area contributed by atoms with Crippen LogP contribution in [0.2, 0.25) is 5.15 Å². The fraction of sp³-hybridized carbons (Fsp3) is 0. The molecule has 2 aromatic rings. The molecule has 86 valence electrons. The Bertz CT molecular complexity index is 518. The number of urea groups is 1. The van der Waals surface area contributed by atoms with Gasteiger partial charge < -0.3 is 10.6 Å². The summed E-state index contributed by atoms with van der Waals surface area (Å²) in [7, 11) is 0. The third-order valence-corrected chi connectivity index (χ3v) is 2.11. The van der Waals surface area contributed by atoms with E-state index in [1.807, 2.05) is 0 Å². The van der Waals surface area contributed by atoms with Crippen molar-refractivity contribution in [3.8, 4) is 0 Å². The summed E-state index contributed by atoms with van der Waals surface area (Å²) in [5.74, 6) is 0. The van der Waals surface area contributed by atoms with Crippen LogP contribution in [-0.2, 0) is 0 Å². The Morgan fingerprint density at radius 3 is 2.71 bits per heavy atom. The normalized spacial score (nSPS) is 9.71. The Morgan fingerprint density at radius 1 is 1.18 bits per heavy atom. The van der Waals surface area contributed by atoms with Crippen LogP contribution in [0, 0.1) is 0 Å². The van der Waals surface area contributed by atoms with E-state index in [4.69, 9.17) is 11.6 Å². The van der Waals surface area contributed by atoms with Crippen LogP contribution >= 0.6 is 11.6 Å². The Labute approximate surface area is 103 Å². The second kappa shape index (κ2) is 5.27. The van der Waals surface area contributed by atoms with Crippen molar-refractivity contribution < 1.29 is 4.79 Å². The number of aromatic nitrogens is 2. The molecule has 0 saturated heterocycles. The summed E-state index contributed by atoms with van der Waals surface area (Å²) in [5, 5.41) is 5.59. The molecule has 17 heavy (non-hydrogen) atoms. The van der Waals surface area contributed by atoms with Gasteiger partial charge in [-0.1, -0.05) is 11.6 Å². The summed E-state index contributed by atoms with van der Waals surface area (Å²) >= 11 is 5.70. The van der Waals surface area contributed by atoms with Crippen LogP contribution in [0.25, 0.3) is 0 Å². The van der Waals surface area contributed by atoms with Gasteiger partial charge in [0.15, 0.2) is 0 Å². The fourth-order valence-corrected chi connectivity index (χ4v) is 1.38. The molecule has 5 nitrogen and oxygen atoms in total. The van der Waals surface area contributed by atoms with Gasteiger partial charge in [0, 0.05) is 18.1 Å². The van der Waals surface area contributed by atoms with Crippen LogP contribution in [0.3, 0.4) is 0 Å². The van der Waals surface area contributed by atoms with E-state index in [1.54, 1.807) is 36.7 Å². The van der Waals surface area contributed by atoms with Crippen molar-refractivity contribution in [3.63, 3.8) is 0 Å². The minimum Gasteiger partial charge on any atom is -0.308 e. The first kappa shape index (κ1) is 11.3. The van der Waals surface area contributed by atoms with E-state index in [0.717, 1.165) is 0 Å². The van der Waals surface area contributed by atoms with Gasteiger partial charge in [-0.2, -0.15) is 0 Å².